The third-order valence-corrected chi connectivity index (χ3v) is 5.69. The van der Waals surface area contributed by atoms with Crippen molar-refractivity contribution >= 4 is 33.2 Å². The van der Waals surface area contributed by atoms with Gasteiger partial charge in [0.15, 0.2) is 5.65 Å². The number of halogens is 5. The van der Waals surface area contributed by atoms with Crippen molar-refractivity contribution in [1.82, 2.24) is 19.2 Å². The highest BCUT2D eigenvalue weighted by Gasteiger charge is 2.32. The van der Waals surface area contributed by atoms with E-state index in [4.69, 9.17) is 11.6 Å². The summed E-state index contributed by atoms with van der Waals surface area (Å²) in [5.74, 6) is 0. The van der Waals surface area contributed by atoms with Crippen LogP contribution in [0, 0.1) is 6.92 Å². The lowest BCUT2D eigenvalue weighted by Crippen LogP contribution is -2.22. The molecule has 0 saturated heterocycles. The molecule has 5 nitrogen and oxygen atoms in total. The van der Waals surface area contributed by atoms with Gasteiger partial charge in [0, 0.05) is 22.5 Å². The molecule has 154 valence electrons. The fourth-order valence-corrected chi connectivity index (χ4v) is 3.84. The first kappa shape index (κ1) is 20.6. The highest BCUT2D eigenvalue weighted by Crippen LogP contribution is 2.31. The molecule has 0 fully saturated rings. The highest BCUT2D eigenvalue weighted by molar-refractivity contribution is 9.10. The fourth-order valence-electron chi connectivity index (χ4n) is 3.08. The van der Waals surface area contributed by atoms with Crippen LogP contribution in [0.4, 0.5) is 13.2 Å². The quantitative estimate of drug-likeness (QED) is 0.383. The lowest BCUT2D eigenvalue weighted by atomic mass is 10.1. The summed E-state index contributed by atoms with van der Waals surface area (Å²) < 4.78 is 41.7. The minimum atomic E-state index is -4.52. The summed E-state index contributed by atoms with van der Waals surface area (Å²) in [7, 11) is 0. The normalized spacial score (nSPS) is 11.9. The number of alkyl halides is 3. The second-order valence-electron chi connectivity index (χ2n) is 6.62. The van der Waals surface area contributed by atoms with Crippen molar-refractivity contribution in [3.63, 3.8) is 0 Å². The Morgan fingerprint density at radius 3 is 2.43 bits per heavy atom. The molecule has 0 saturated carbocycles. The van der Waals surface area contributed by atoms with Crippen LogP contribution in [0.5, 0.6) is 0 Å². The number of benzene rings is 1. The van der Waals surface area contributed by atoms with Gasteiger partial charge in [0.1, 0.15) is 5.69 Å². The number of fused-ring (bicyclic) bond motifs is 1. The molecule has 3 heterocycles. The largest absolute Gasteiger partial charge is 0.433 e. The maximum Gasteiger partial charge on any atom is 0.433 e. The van der Waals surface area contributed by atoms with Crippen molar-refractivity contribution in [1.29, 1.82) is 0 Å². The van der Waals surface area contributed by atoms with Gasteiger partial charge in [0.25, 0.3) is 0 Å². The van der Waals surface area contributed by atoms with Gasteiger partial charge < -0.3 is 0 Å². The Hall–Kier alpha value is -2.65. The molecule has 10 heteroatoms. The van der Waals surface area contributed by atoms with E-state index in [1.54, 1.807) is 24.4 Å². The van der Waals surface area contributed by atoms with E-state index in [0.717, 1.165) is 17.2 Å². The van der Waals surface area contributed by atoms with E-state index in [1.165, 1.54) is 22.1 Å². The van der Waals surface area contributed by atoms with E-state index in [1.807, 2.05) is 12.1 Å². The van der Waals surface area contributed by atoms with Crippen molar-refractivity contribution in [3.8, 4) is 11.1 Å². The van der Waals surface area contributed by atoms with E-state index in [2.05, 4.69) is 26.0 Å². The molecule has 0 atom stereocenters. The third kappa shape index (κ3) is 3.75. The predicted molar refractivity (Wildman–Crippen MR) is 111 cm³/mol. The first-order valence-electron chi connectivity index (χ1n) is 8.72. The van der Waals surface area contributed by atoms with E-state index in [0.29, 0.717) is 20.7 Å². The number of pyridine rings is 2. The minimum absolute atomic E-state index is 0.000200. The van der Waals surface area contributed by atoms with Crippen molar-refractivity contribution in [2.75, 3.05) is 0 Å². The van der Waals surface area contributed by atoms with Crippen LogP contribution in [0.1, 0.15) is 17.0 Å². The zero-order valence-electron chi connectivity index (χ0n) is 15.4. The molecular weight excluding hydrogens is 485 g/mol. The SMILES string of the molecule is Cc1nc(C(F)(F)F)ccc1Cn1nc2c(Br)c(-c3ccc(Cl)cc3)ccn2c1=O. The summed E-state index contributed by atoms with van der Waals surface area (Å²) >= 11 is 9.45. The summed E-state index contributed by atoms with van der Waals surface area (Å²) in [5, 5.41) is 4.98. The number of rotatable bonds is 3. The Morgan fingerprint density at radius 1 is 1.10 bits per heavy atom. The van der Waals surface area contributed by atoms with Crippen molar-refractivity contribution in [2.45, 2.75) is 19.6 Å². The summed E-state index contributed by atoms with van der Waals surface area (Å²) in [6, 6.07) is 11.2. The molecule has 0 aliphatic heterocycles. The van der Waals surface area contributed by atoms with Gasteiger partial charge in [0.2, 0.25) is 0 Å². The average molecular weight is 498 g/mol. The molecule has 0 bridgehead atoms. The molecule has 30 heavy (non-hydrogen) atoms. The molecule has 0 radical (unpaired) electrons. The molecule has 0 unspecified atom stereocenters. The number of hydrogen-bond acceptors (Lipinski definition) is 3. The lowest BCUT2D eigenvalue weighted by Gasteiger charge is -2.09. The van der Waals surface area contributed by atoms with Gasteiger partial charge >= 0.3 is 11.9 Å². The standard InChI is InChI=1S/C20H13BrClF3N4O/c1-11-13(4-7-16(26-11)20(23,24)25)10-29-19(30)28-9-8-15(17(21)18(28)27-29)12-2-5-14(22)6-3-12/h2-9H,10H2,1H3. The first-order valence-corrected chi connectivity index (χ1v) is 9.89. The number of hydrogen-bond donors (Lipinski definition) is 0. The summed E-state index contributed by atoms with van der Waals surface area (Å²) in [5.41, 5.74) is 1.39. The smallest absolute Gasteiger partial charge is 0.249 e. The van der Waals surface area contributed by atoms with Crippen LogP contribution in [-0.4, -0.2) is 19.2 Å². The van der Waals surface area contributed by atoms with Crippen molar-refractivity contribution < 1.29 is 13.2 Å². The third-order valence-electron chi connectivity index (χ3n) is 4.65. The Balaban J connectivity index is 1.74. The second-order valence-corrected chi connectivity index (χ2v) is 7.85. The lowest BCUT2D eigenvalue weighted by molar-refractivity contribution is -0.141. The van der Waals surface area contributed by atoms with Gasteiger partial charge in [-0.15, -0.1) is 5.10 Å². The monoisotopic (exact) mass is 496 g/mol. The Labute approximate surface area is 181 Å². The molecule has 0 N–H and O–H groups in total. The Bertz CT molecular complexity index is 1310. The maximum absolute atomic E-state index is 12.8. The maximum atomic E-state index is 12.8. The summed E-state index contributed by atoms with van der Waals surface area (Å²) in [6.45, 7) is 1.47. The minimum Gasteiger partial charge on any atom is -0.249 e. The zero-order valence-corrected chi connectivity index (χ0v) is 17.8. The topological polar surface area (TPSA) is 52.2 Å². The van der Waals surface area contributed by atoms with Gasteiger partial charge in [-0.05, 0) is 58.2 Å². The van der Waals surface area contributed by atoms with Gasteiger partial charge in [-0.25, -0.2) is 18.9 Å². The van der Waals surface area contributed by atoms with Gasteiger partial charge in [-0.3, -0.25) is 0 Å². The fraction of sp³-hybridized carbons (Fsp3) is 0.150. The molecule has 0 aliphatic carbocycles. The summed E-state index contributed by atoms with van der Waals surface area (Å²) in [6.07, 6.45) is -2.92. The molecule has 1 aromatic carbocycles. The van der Waals surface area contributed by atoms with Crippen molar-refractivity contribution in [3.05, 3.63) is 85.6 Å². The number of aromatic nitrogens is 4. The predicted octanol–water partition coefficient (Wildman–Crippen LogP) is 5.35. The van der Waals surface area contributed by atoms with Gasteiger partial charge in [-0.1, -0.05) is 29.8 Å². The molecule has 0 aliphatic rings. The Morgan fingerprint density at radius 2 is 1.80 bits per heavy atom. The van der Waals surface area contributed by atoms with E-state index >= 15 is 0 Å². The van der Waals surface area contributed by atoms with Crippen molar-refractivity contribution in [2.24, 2.45) is 0 Å². The van der Waals surface area contributed by atoms with Crippen LogP contribution in [0.15, 0.2) is 57.9 Å². The van der Waals surface area contributed by atoms with Crippen LogP contribution in [0.3, 0.4) is 0 Å². The average Bonchev–Trinajstić information content (AvgIpc) is 3.00. The molecule has 4 rings (SSSR count). The number of nitrogens with zero attached hydrogens (tertiary/aromatic N) is 4. The summed E-state index contributed by atoms with van der Waals surface area (Å²) in [4.78, 5) is 16.3. The molecule has 3 aromatic heterocycles. The highest BCUT2D eigenvalue weighted by atomic mass is 79.9. The van der Waals surface area contributed by atoms with Crippen LogP contribution in [0.2, 0.25) is 5.02 Å². The van der Waals surface area contributed by atoms with E-state index < -0.39 is 17.6 Å². The molecule has 4 aromatic rings. The molecular formula is C20H13BrClF3N4O. The van der Waals surface area contributed by atoms with Gasteiger partial charge in [-0.2, -0.15) is 13.2 Å². The molecule has 0 amide bonds. The Kier molecular flexibility index (Phi) is 5.19. The second kappa shape index (κ2) is 7.55. The van der Waals surface area contributed by atoms with Crippen LogP contribution >= 0.6 is 27.5 Å². The first-order chi connectivity index (χ1) is 14.1. The number of aryl methyl sites for hydroxylation is 1. The van der Waals surface area contributed by atoms with Crippen LogP contribution in [0.25, 0.3) is 16.8 Å². The van der Waals surface area contributed by atoms with E-state index in [-0.39, 0.29) is 12.2 Å². The zero-order chi connectivity index (χ0) is 21.6. The van der Waals surface area contributed by atoms with Gasteiger partial charge in [0.05, 0.1) is 11.0 Å². The van der Waals surface area contributed by atoms with E-state index in [9.17, 15) is 18.0 Å². The van der Waals surface area contributed by atoms with Crippen LogP contribution in [-0.2, 0) is 12.7 Å². The molecule has 0 spiro atoms. The van der Waals surface area contributed by atoms with Crippen LogP contribution < -0.4 is 5.69 Å².